The predicted molar refractivity (Wildman–Crippen MR) is 180 cm³/mol. The third kappa shape index (κ3) is 11.4. The van der Waals surface area contributed by atoms with Gasteiger partial charge < -0.3 is 23.4 Å². The van der Waals surface area contributed by atoms with Crippen LogP contribution in [0.4, 0.5) is 0 Å². The second-order valence-electron chi connectivity index (χ2n) is 15.8. The van der Waals surface area contributed by atoms with Crippen LogP contribution in [0, 0.1) is 23.7 Å². The summed E-state index contributed by atoms with van der Waals surface area (Å²) < 4.78 is 25.7. The zero-order valence-corrected chi connectivity index (χ0v) is 31.6. The number of aliphatic hydroxyl groups excluding tert-OH is 1. The minimum absolute atomic E-state index is 0.00603. The van der Waals surface area contributed by atoms with Gasteiger partial charge >= 0.3 is 0 Å². The Labute approximate surface area is 256 Å². The molecule has 5 nitrogen and oxygen atoms in total. The van der Waals surface area contributed by atoms with Crippen LogP contribution < -0.4 is 4.74 Å². The molecule has 7 atom stereocenters. The third-order valence-electron chi connectivity index (χ3n) is 9.99. The Kier molecular flexibility index (Phi) is 14.3. The molecule has 7 unspecified atom stereocenters. The number of ether oxygens (including phenoxy) is 2. The third-order valence-corrected chi connectivity index (χ3v) is 18.9. The molecule has 0 amide bonds. The van der Waals surface area contributed by atoms with Crippen molar-refractivity contribution in [3.63, 3.8) is 0 Å². The molecule has 0 saturated heterocycles. The van der Waals surface area contributed by atoms with Crippen molar-refractivity contribution in [3.05, 3.63) is 29.8 Å². The van der Waals surface area contributed by atoms with Gasteiger partial charge in [-0.2, -0.15) is 0 Å². The summed E-state index contributed by atoms with van der Waals surface area (Å²) in [5, 5.41) is 10.9. The van der Waals surface area contributed by atoms with Gasteiger partial charge in [0.2, 0.25) is 0 Å². The number of aliphatic hydroxyl groups is 1. The van der Waals surface area contributed by atoms with Gasteiger partial charge in [0.1, 0.15) is 5.75 Å². The fraction of sp³-hybridized carbons (Fsp3) is 0.824. The molecule has 0 spiro atoms. The molecular weight excluding hydrogens is 545 g/mol. The summed E-state index contributed by atoms with van der Waals surface area (Å²) in [6.07, 6.45) is 0.614. The van der Waals surface area contributed by atoms with Crippen molar-refractivity contribution < 1.29 is 23.4 Å². The number of methoxy groups -OCH3 is 1. The number of hydrogen-bond donors (Lipinski definition) is 1. The van der Waals surface area contributed by atoms with Crippen LogP contribution in [0.3, 0.4) is 0 Å². The Bertz CT molecular complexity index is 886. The average Bonchev–Trinajstić information content (AvgIpc) is 2.84. The van der Waals surface area contributed by atoms with E-state index in [1.165, 1.54) is 0 Å². The van der Waals surface area contributed by atoms with E-state index >= 15 is 0 Å². The highest BCUT2D eigenvalue weighted by Crippen LogP contribution is 2.42. The van der Waals surface area contributed by atoms with Gasteiger partial charge in [0.05, 0.1) is 38.6 Å². The first-order valence-electron chi connectivity index (χ1n) is 15.8. The van der Waals surface area contributed by atoms with Crippen molar-refractivity contribution in [2.24, 2.45) is 23.7 Å². The molecule has 0 aliphatic carbocycles. The molecule has 0 aliphatic heterocycles. The molecule has 0 heterocycles. The molecule has 0 saturated carbocycles. The molecule has 0 aliphatic rings. The lowest BCUT2D eigenvalue weighted by molar-refractivity contribution is -0.0186. The van der Waals surface area contributed by atoms with Gasteiger partial charge in [-0.15, -0.1) is 0 Å². The van der Waals surface area contributed by atoms with Gasteiger partial charge in [0.15, 0.2) is 16.6 Å². The van der Waals surface area contributed by atoms with E-state index in [0.717, 1.165) is 17.7 Å². The zero-order chi connectivity index (χ0) is 32.0. The van der Waals surface area contributed by atoms with Crippen LogP contribution in [0.2, 0.25) is 36.3 Å². The summed E-state index contributed by atoms with van der Waals surface area (Å²) in [4.78, 5) is 0. The maximum atomic E-state index is 10.6. The molecule has 0 bridgehead atoms. The van der Waals surface area contributed by atoms with Gasteiger partial charge in [-0.1, -0.05) is 81.4 Å². The fourth-order valence-electron chi connectivity index (χ4n) is 4.88. The minimum Gasteiger partial charge on any atom is -0.497 e. The lowest BCUT2D eigenvalue weighted by Crippen LogP contribution is -2.50. The van der Waals surface area contributed by atoms with E-state index in [4.69, 9.17) is 18.3 Å². The van der Waals surface area contributed by atoms with Gasteiger partial charge in [0.25, 0.3) is 0 Å². The highest BCUT2D eigenvalue weighted by atomic mass is 28.4. The molecule has 1 N–H and O–H groups in total. The molecule has 7 heteroatoms. The van der Waals surface area contributed by atoms with Gasteiger partial charge in [-0.25, -0.2) is 0 Å². The average molecular weight is 611 g/mol. The normalized spacial score (nSPS) is 18.8. The molecule has 1 aromatic carbocycles. The van der Waals surface area contributed by atoms with Crippen LogP contribution in [-0.4, -0.2) is 53.8 Å². The molecule has 0 fully saturated rings. The van der Waals surface area contributed by atoms with E-state index in [1.54, 1.807) is 7.11 Å². The molecule has 41 heavy (non-hydrogen) atoms. The summed E-state index contributed by atoms with van der Waals surface area (Å²) in [5.41, 5.74) is 1.14. The van der Waals surface area contributed by atoms with Crippen molar-refractivity contribution in [2.45, 2.75) is 144 Å². The van der Waals surface area contributed by atoms with E-state index in [0.29, 0.717) is 19.1 Å². The number of benzene rings is 1. The van der Waals surface area contributed by atoms with E-state index in [-0.39, 0.29) is 40.0 Å². The first-order chi connectivity index (χ1) is 18.5. The zero-order valence-electron chi connectivity index (χ0n) is 29.6. The highest BCUT2D eigenvalue weighted by molar-refractivity contribution is 6.74. The first kappa shape index (κ1) is 38.3. The molecule has 0 aromatic heterocycles. The van der Waals surface area contributed by atoms with E-state index in [9.17, 15) is 5.11 Å². The Balaban J connectivity index is 3.16. The second-order valence-corrected chi connectivity index (χ2v) is 25.3. The largest absolute Gasteiger partial charge is 0.497 e. The molecule has 240 valence electrons. The Hall–Kier alpha value is -0.706. The number of rotatable bonds is 16. The minimum atomic E-state index is -2.02. The van der Waals surface area contributed by atoms with Crippen LogP contribution in [-0.2, 0) is 20.2 Å². The van der Waals surface area contributed by atoms with Gasteiger partial charge in [-0.3, -0.25) is 0 Å². The van der Waals surface area contributed by atoms with Crippen LogP contribution in [0.1, 0.15) is 88.1 Å². The maximum Gasteiger partial charge on any atom is 0.192 e. The molecule has 1 rings (SSSR count). The van der Waals surface area contributed by atoms with Crippen molar-refractivity contribution in [1.82, 2.24) is 0 Å². The first-order valence-corrected chi connectivity index (χ1v) is 21.6. The SMILES string of the molecule is COc1ccc(COCC(C)C(O[Si](C)(C)C(C)(C)C)C(C)CC(C)C(O[Si](C)(C)C(C)(C)C)C(C)C(C)O)cc1. The maximum absolute atomic E-state index is 10.6. The Morgan fingerprint density at radius 3 is 1.56 bits per heavy atom. The number of hydrogen-bond acceptors (Lipinski definition) is 5. The quantitative estimate of drug-likeness (QED) is 0.189. The summed E-state index contributed by atoms with van der Waals surface area (Å²) in [6, 6.07) is 8.07. The van der Waals surface area contributed by atoms with Gasteiger partial charge in [-0.05, 0) is 79.1 Å². The van der Waals surface area contributed by atoms with Crippen LogP contribution in [0.15, 0.2) is 24.3 Å². The second kappa shape index (κ2) is 15.3. The lowest BCUT2D eigenvalue weighted by atomic mass is 9.81. The topological polar surface area (TPSA) is 57.2 Å². The monoisotopic (exact) mass is 610 g/mol. The predicted octanol–water partition coefficient (Wildman–Crippen LogP) is 9.31. The van der Waals surface area contributed by atoms with Crippen molar-refractivity contribution in [1.29, 1.82) is 0 Å². The van der Waals surface area contributed by atoms with E-state index < -0.39 is 22.7 Å². The van der Waals surface area contributed by atoms with Gasteiger partial charge in [0, 0.05) is 11.8 Å². The Morgan fingerprint density at radius 1 is 0.707 bits per heavy atom. The highest BCUT2D eigenvalue weighted by Gasteiger charge is 2.44. The lowest BCUT2D eigenvalue weighted by Gasteiger charge is -2.45. The molecule has 0 radical (unpaired) electrons. The van der Waals surface area contributed by atoms with Crippen LogP contribution in [0.25, 0.3) is 0 Å². The molecule has 1 aromatic rings. The summed E-state index contributed by atoms with van der Waals surface area (Å²) in [5.74, 6) is 1.73. The van der Waals surface area contributed by atoms with Crippen LogP contribution >= 0.6 is 0 Å². The van der Waals surface area contributed by atoms with Crippen molar-refractivity contribution >= 4 is 16.6 Å². The standard InChI is InChI=1S/C34H66O5Si2/c1-24(21-25(2)32(27(4)28(5)35)39-41(15,16)34(9,10)11)31(38-40(13,14)33(6,7)8)26(3)22-37-23-29-17-19-30(36-12)20-18-29/h17-20,24-28,31-32,35H,21-23H2,1-16H3. The summed E-state index contributed by atoms with van der Waals surface area (Å²) in [6.45, 7) is 35.3. The van der Waals surface area contributed by atoms with E-state index in [1.807, 2.05) is 19.1 Å². The molecular formula is C34H66O5Si2. The van der Waals surface area contributed by atoms with E-state index in [2.05, 4.69) is 108 Å². The fourth-order valence-corrected chi connectivity index (χ4v) is 7.86. The summed E-state index contributed by atoms with van der Waals surface area (Å²) >= 11 is 0. The summed E-state index contributed by atoms with van der Waals surface area (Å²) in [7, 11) is -2.36. The van der Waals surface area contributed by atoms with Crippen LogP contribution in [0.5, 0.6) is 5.75 Å². The Morgan fingerprint density at radius 2 is 1.15 bits per heavy atom. The smallest absolute Gasteiger partial charge is 0.192 e. The van der Waals surface area contributed by atoms with Crippen molar-refractivity contribution in [3.8, 4) is 5.75 Å². The van der Waals surface area contributed by atoms with Crippen molar-refractivity contribution in [2.75, 3.05) is 13.7 Å².